The van der Waals surface area contributed by atoms with Crippen LogP contribution in [0.5, 0.6) is 0 Å². The van der Waals surface area contributed by atoms with E-state index < -0.39 is 21.6 Å². The molecule has 0 spiro atoms. The molecule has 2 N–H and O–H groups in total. The average molecular weight is 498 g/mol. The highest BCUT2D eigenvalue weighted by molar-refractivity contribution is 7.89. The summed E-state index contributed by atoms with van der Waals surface area (Å²) in [6, 6.07) is 5.01. The van der Waals surface area contributed by atoms with Gasteiger partial charge in [0, 0.05) is 24.8 Å². The Kier molecular flexibility index (Phi) is 7.04. The molecule has 1 aromatic carbocycles. The van der Waals surface area contributed by atoms with Gasteiger partial charge in [0.25, 0.3) is 0 Å². The minimum absolute atomic E-state index is 0.242. The Labute approximate surface area is 198 Å². The number of halogens is 3. The SMILES string of the molecule is Cc1cccc2c1CN(S(=O)(=O)C(F)(F)F)C[C@@H](CCC1CCCC1)N2Cc1ncc(N)cn1. The van der Waals surface area contributed by atoms with Crippen molar-refractivity contribution < 1.29 is 21.6 Å². The van der Waals surface area contributed by atoms with E-state index >= 15 is 0 Å². The third kappa shape index (κ3) is 5.14. The molecule has 7 nitrogen and oxygen atoms in total. The van der Waals surface area contributed by atoms with Crippen LogP contribution < -0.4 is 10.6 Å². The van der Waals surface area contributed by atoms with E-state index in [1.165, 1.54) is 12.4 Å². The summed E-state index contributed by atoms with van der Waals surface area (Å²) in [6.07, 6.45) is 8.93. The molecule has 1 fully saturated rings. The van der Waals surface area contributed by atoms with Gasteiger partial charge in [0.1, 0.15) is 5.82 Å². The fraction of sp³-hybridized carbons (Fsp3) is 0.565. The van der Waals surface area contributed by atoms with E-state index in [0.717, 1.165) is 43.4 Å². The fourth-order valence-electron chi connectivity index (χ4n) is 5.05. The van der Waals surface area contributed by atoms with E-state index in [2.05, 4.69) is 9.97 Å². The van der Waals surface area contributed by atoms with Crippen LogP contribution >= 0.6 is 0 Å². The number of fused-ring (bicyclic) bond motifs is 1. The van der Waals surface area contributed by atoms with Gasteiger partial charge < -0.3 is 10.6 Å². The molecule has 1 atom stereocenters. The van der Waals surface area contributed by atoms with Gasteiger partial charge in [0.05, 0.1) is 24.6 Å². The van der Waals surface area contributed by atoms with Crippen LogP contribution in [-0.4, -0.2) is 40.8 Å². The van der Waals surface area contributed by atoms with Gasteiger partial charge >= 0.3 is 15.5 Å². The number of anilines is 2. The first-order valence-electron chi connectivity index (χ1n) is 11.5. The lowest BCUT2D eigenvalue weighted by Crippen LogP contribution is -2.47. The predicted octanol–water partition coefficient (Wildman–Crippen LogP) is 4.38. The molecule has 2 heterocycles. The summed E-state index contributed by atoms with van der Waals surface area (Å²) in [4.78, 5) is 10.6. The Morgan fingerprint density at radius 2 is 1.79 bits per heavy atom. The monoisotopic (exact) mass is 497 g/mol. The van der Waals surface area contributed by atoms with Crippen LogP contribution in [0.25, 0.3) is 0 Å². The Morgan fingerprint density at radius 1 is 1.12 bits per heavy atom. The van der Waals surface area contributed by atoms with Crippen molar-refractivity contribution >= 4 is 21.4 Å². The Balaban J connectivity index is 1.75. The van der Waals surface area contributed by atoms with Gasteiger partial charge in [-0.05, 0) is 42.9 Å². The summed E-state index contributed by atoms with van der Waals surface area (Å²) in [6.45, 7) is 1.44. The number of nitrogens with two attached hydrogens (primary N) is 1. The van der Waals surface area contributed by atoms with E-state index in [9.17, 15) is 21.6 Å². The molecular weight excluding hydrogens is 467 g/mol. The first-order valence-corrected chi connectivity index (χ1v) is 13.0. The zero-order valence-electron chi connectivity index (χ0n) is 19.1. The summed E-state index contributed by atoms with van der Waals surface area (Å²) in [5.74, 6) is 0.988. The van der Waals surface area contributed by atoms with Crippen molar-refractivity contribution in [2.24, 2.45) is 5.92 Å². The highest BCUT2D eigenvalue weighted by Gasteiger charge is 2.51. The number of rotatable bonds is 6. The third-order valence-corrected chi connectivity index (χ3v) is 8.48. The normalized spacial score (nSPS) is 20.4. The van der Waals surface area contributed by atoms with Crippen LogP contribution in [-0.2, 0) is 23.1 Å². The summed E-state index contributed by atoms with van der Waals surface area (Å²) in [5.41, 5.74) is 2.79. The molecule has 0 saturated heterocycles. The Hall–Kier alpha value is -2.40. The number of alkyl halides is 3. The second kappa shape index (κ2) is 9.69. The largest absolute Gasteiger partial charge is 0.511 e. The van der Waals surface area contributed by atoms with Crippen LogP contribution in [0.3, 0.4) is 0 Å². The maximum Gasteiger partial charge on any atom is 0.511 e. The highest BCUT2D eigenvalue weighted by Crippen LogP contribution is 2.38. The number of hydrogen-bond donors (Lipinski definition) is 1. The lowest BCUT2D eigenvalue weighted by atomic mass is 9.97. The smallest absolute Gasteiger partial charge is 0.396 e. The maximum atomic E-state index is 13.6. The summed E-state index contributed by atoms with van der Waals surface area (Å²) in [5, 5.41) is 0. The molecule has 0 bridgehead atoms. The molecule has 0 amide bonds. The molecule has 1 aliphatic carbocycles. The highest BCUT2D eigenvalue weighted by atomic mass is 32.2. The quantitative estimate of drug-likeness (QED) is 0.637. The van der Waals surface area contributed by atoms with Gasteiger partial charge in [-0.2, -0.15) is 17.5 Å². The van der Waals surface area contributed by atoms with Gasteiger partial charge in [0.2, 0.25) is 0 Å². The van der Waals surface area contributed by atoms with Crippen molar-refractivity contribution in [1.29, 1.82) is 0 Å². The molecule has 4 rings (SSSR count). The molecule has 34 heavy (non-hydrogen) atoms. The summed E-state index contributed by atoms with van der Waals surface area (Å²) in [7, 11) is -5.50. The minimum atomic E-state index is -5.50. The van der Waals surface area contributed by atoms with E-state index in [4.69, 9.17) is 5.73 Å². The van der Waals surface area contributed by atoms with Crippen molar-refractivity contribution in [2.45, 2.75) is 70.1 Å². The average Bonchev–Trinajstić information content (AvgIpc) is 3.24. The van der Waals surface area contributed by atoms with Crippen molar-refractivity contribution in [3.05, 3.63) is 47.5 Å². The number of aryl methyl sites for hydroxylation is 1. The van der Waals surface area contributed by atoms with Crippen molar-refractivity contribution in [1.82, 2.24) is 14.3 Å². The van der Waals surface area contributed by atoms with E-state index in [0.29, 0.717) is 33.7 Å². The molecule has 1 saturated carbocycles. The van der Waals surface area contributed by atoms with Crippen molar-refractivity contribution in [3.63, 3.8) is 0 Å². The minimum Gasteiger partial charge on any atom is -0.396 e. The lowest BCUT2D eigenvalue weighted by molar-refractivity contribution is -0.0492. The molecular formula is C23H30F3N5O2S. The molecule has 1 aromatic heterocycles. The number of benzene rings is 1. The second-order valence-corrected chi connectivity index (χ2v) is 11.2. The van der Waals surface area contributed by atoms with Gasteiger partial charge in [-0.3, -0.25) is 0 Å². The first kappa shape index (κ1) is 24.7. The molecule has 186 valence electrons. The molecule has 0 unspecified atom stereocenters. The third-order valence-electron chi connectivity index (χ3n) is 6.94. The topological polar surface area (TPSA) is 92.4 Å². The zero-order valence-corrected chi connectivity index (χ0v) is 19.9. The van der Waals surface area contributed by atoms with Crippen LogP contribution in [0.4, 0.5) is 24.5 Å². The molecule has 0 radical (unpaired) electrons. The lowest BCUT2D eigenvalue weighted by Gasteiger charge is -2.34. The van der Waals surface area contributed by atoms with Gasteiger partial charge in [-0.1, -0.05) is 37.8 Å². The standard InChI is InChI=1S/C23H30F3N5O2S/c1-16-5-4-8-21-20(16)14-30(34(32,33)23(24,25)26)13-19(10-9-17-6-2-3-7-17)31(21)15-22-28-11-18(27)12-29-22/h4-5,8,11-12,17,19H,2-3,6-7,9-10,13-15,27H2,1H3/t19-/m1/s1. The Morgan fingerprint density at radius 3 is 2.44 bits per heavy atom. The van der Waals surface area contributed by atoms with Gasteiger partial charge in [0.15, 0.2) is 0 Å². The number of nitrogens with zero attached hydrogens (tertiary/aromatic N) is 4. The predicted molar refractivity (Wildman–Crippen MR) is 124 cm³/mol. The van der Waals surface area contributed by atoms with E-state index in [-0.39, 0.29) is 19.6 Å². The van der Waals surface area contributed by atoms with Crippen LogP contribution in [0.2, 0.25) is 0 Å². The summed E-state index contributed by atoms with van der Waals surface area (Å²) >= 11 is 0. The Bertz CT molecular complexity index is 1100. The number of aromatic nitrogens is 2. The van der Waals surface area contributed by atoms with Crippen molar-refractivity contribution in [3.8, 4) is 0 Å². The van der Waals surface area contributed by atoms with Crippen LogP contribution in [0.1, 0.15) is 55.5 Å². The fourth-order valence-corrected chi connectivity index (χ4v) is 6.01. The molecule has 2 aromatic rings. The van der Waals surface area contributed by atoms with Crippen LogP contribution in [0.15, 0.2) is 30.6 Å². The molecule has 11 heteroatoms. The van der Waals surface area contributed by atoms with Crippen LogP contribution in [0, 0.1) is 12.8 Å². The number of sulfonamides is 1. The maximum absolute atomic E-state index is 13.6. The second-order valence-electron chi connectivity index (χ2n) is 9.26. The van der Waals surface area contributed by atoms with Crippen molar-refractivity contribution in [2.75, 3.05) is 17.2 Å². The van der Waals surface area contributed by atoms with E-state index in [1.807, 2.05) is 17.0 Å². The number of hydrogen-bond acceptors (Lipinski definition) is 6. The number of nitrogen functional groups attached to an aromatic ring is 1. The van der Waals surface area contributed by atoms with E-state index in [1.54, 1.807) is 13.0 Å². The van der Waals surface area contributed by atoms with Gasteiger partial charge in [-0.15, -0.1) is 0 Å². The molecule has 2 aliphatic rings. The van der Waals surface area contributed by atoms with Gasteiger partial charge in [-0.25, -0.2) is 18.4 Å². The zero-order chi connectivity index (χ0) is 24.5. The molecule has 1 aliphatic heterocycles. The summed E-state index contributed by atoms with van der Waals surface area (Å²) < 4.78 is 66.4. The first-order chi connectivity index (χ1) is 16.1.